The highest BCUT2D eigenvalue weighted by Gasteiger charge is 2.03. The van der Waals surface area contributed by atoms with Crippen molar-refractivity contribution in [3.63, 3.8) is 0 Å². The molecule has 2 rings (SSSR count). The lowest BCUT2D eigenvalue weighted by Gasteiger charge is -2.07. The van der Waals surface area contributed by atoms with Crippen LogP contribution >= 0.6 is 0 Å². The van der Waals surface area contributed by atoms with Crippen LogP contribution in [0.15, 0.2) is 30.5 Å². The van der Waals surface area contributed by atoms with Crippen molar-refractivity contribution < 1.29 is 4.74 Å². The molecule has 0 bridgehead atoms. The predicted octanol–water partition coefficient (Wildman–Crippen LogP) is 2.53. The molecule has 0 aliphatic carbocycles. The zero-order valence-electron chi connectivity index (χ0n) is 10.4. The summed E-state index contributed by atoms with van der Waals surface area (Å²) in [6.45, 7) is 5.22. The van der Waals surface area contributed by atoms with Gasteiger partial charge in [-0.15, -0.1) is 0 Å². The molecule has 0 saturated heterocycles. The topological polar surface area (TPSA) is 40.2 Å². The number of nitrogens with zero attached hydrogens (tertiary/aromatic N) is 1. The zero-order chi connectivity index (χ0) is 12.1. The molecule has 0 unspecified atom stereocenters. The minimum atomic E-state index is 0.591. The molecule has 3 nitrogen and oxygen atoms in total. The molecule has 17 heavy (non-hydrogen) atoms. The van der Waals surface area contributed by atoms with Gasteiger partial charge in [-0.3, -0.25) is 0 Å². The van der Waals surface area contributed by atoms with Crippen LogP contribution in [0.1, 0.15) is 18.9 Å². The van der Waals surface area contributed by atoms with Crippen LogP contribution in [0.4, 0.5) is 0 Å². The van der Waals surface area contributed by atoms with Crippen LogP contribution in [-0.4, -0.2) is 17.8 Å². The fraction of sp³-hybridized carbons (Fsp3) is 0.429. The van der Waals surface area contributed by atoms with Gasteiger partial charge in [-0.05, 0) is 24.1 Å². The van der Waals surface area contributed by atoms with Crippen LogP contribution in [0.25, 0.3) is 10.9 Å². The predicted molar refractivity (Wildman–Crippen MR) is 70.9 cm³/mol. The van der Waals surface area contributed by atoms with Crippen LogP contribution in [-0.2, 0) is 17.8 Å². The second-order valence-corrected chi connectivity index (χ2v) is 4.18. The largest absolute Gasteiger partial charge is 0.380 e. The summed E-state index contributed by atoms with van der Waals surface area (Å²) in [7, 11) is 0. The lowest BCUT2D eigenvalue weighted by Crippen LogP contribution is -2.05. The summed E-state index contributed by atoms with van der Waals surface area (Å²) in [4.78, 5) is 0. The first-order chi connectivity index (χ1) is 8.36. The summed E-state index contributed by atoms with van der Waals surface area (Å²) in [5.74, 6) is 0. The van der Waals surface area contributed by atoms with E-state index in [1.807, 2.05) is 0 Å². The van der Waals surface area contributed by atoms with Crippen molar-refractivity contribution >= 4 is 10.9 Å². The van der Waals surface area contributed by atoms with Gasteiger partial charge < -0.3 is 15.0 Å². The maximum absolute atomic E-state index is 5.73. The van der Waals surface area contributed by atoms with E-state index in [2.05, 4.69) is 42.0 Å². The highest BCUT2D eigenvalue weighted by Crippen LogP contribution is 2.19. The Balaban J connectivity index is 2.13. The van der Waals surface area contributed by atoms with Crippen molar-refractivity contribution in [3.05, 3.63) is 36.0 Å². The molecule has 1 aromatic heterocycles. The van der Waals surface area contributed by atoms with Gasteiger partial charge in [-0.25, -0.2) is 0 Å². The molecule has 0 radical (unpaired) electrons. The third-order valence-electron chi connectivity index (χ3n) is 2.95. The molecule has 0 saturated carbocycles. The number of hydrogen-bond acceptors (Lipinski definition) is 2. The van der Waals surface area contributed by atoms with Crippen molar-refractivity contribution in [2.75, 3.05) is 13.2 Å². The van der Waals surface area contributed by atoms with Gasteiger partial charge in [0.15, 0.2) is 0 Å². The summed E-state index contributed by atoms with van der Waals surface area (Å²) in [5.41, 5.74) is 8.18. The van der Waals surface area contributed by atoms with Crippen LogP contribution < -0.4 is 5.73 Å². The van der Waals surface area contributed by atoms with E-state index in [-0.39, 0.29) is 0 Å². The highest BCUT2D eigenvalue weighted by molar-refractivity contribution is 5.83. The minimum Gasteiger partial charge on any atom is -0.380 e. The molecule has 0 aliphatic heterocycles. The van der Waals surface area contributed by atoms with E-state index >= 15 is 0 Å². The molecule has 1 heterocycles. The third kappa shape index (κ3) is 2.68. The average molecular weight is 232 g/mol. The Morgan fingerprint density at radius 3 is 2.88 bits per heavy atom. The lowest BCUT2D eigenvalue weighted by molar-refractivity contribution is 0.127. The Morgan fingerprint density at radius 2 is 2.12 bits per heavy atom. The van der Waals surface area contributed by atoms with E-state index in [1.165, 1.54) is 16.5 Å². The molecule has 0 spiro atoms. The second kappa shape index (κ2) is 5.84. The molecule has 0 amide bonds. The van der Waals surface area contributed by atoms with E-state index in [4.69, 9.17) is 10.5 Å². The molecule has 2 aromatic rings. The van der Waals surface area contributed by atoms with Crippen LogP contribution in [0, 0.1) is 0 Å². The Morgan fingerprint density at radius 1 is 1.24 bits per heavy atom. The van der Waals surface area contributed by atoms with Crippen LogP contribution in [0.5, 0.6) is 0 Å². The van der Waals surface area contributed by atoms with Crippen molar-refractivity contribution in [1.29, 1.82) is 0 Å². The zero-order valence-corrected chi connectivity index (χ0v) is 10.4. The van der Waals surface area contributed by atoms with E-state index in [1.54, 1.807) is 0 Å². The molecule has 2 N–H and O–H groups in total. The Bertz CT molecular complexity index is 476. The normalized spacial score (nSPS) is 11.2. The number of rotatable bonds is 6. The quantitative estimate of drug-likeness (QED) is 0.777. The maximum Gasteiger partial charge on any atom is 0.0645 e. The standard InChI is InChI=1S/C14H20N2O/c1-2-9-17-10-8-16-7-6-13-12(11-15)4-3-5-14(13)16/h3-7H,2,8-11,15H2,1H3. The number of fused-ring (bicyclic) bond motifs is 1. The monoisotopic (exact) mass is 232 g/mol. The number of aromatic nitrogens is 1. The third-order valence-corrected chi connectivity index (χ3v) is 2.95. The first-order valence-corrected chi connectivity index (χ1v) is 6.21. The summed E-state index contributed by atoms with van der Waals surface area (Å²) in [6, 6.07) is 8.42. The molecule has 0 fully saturated rings. The van der Waals surface area contributed by atoms with E-state index in [9.17, 15) is 0 Å². The fourth-order valence-corrected chi connectivity index (χ4v) is 2.07. The first kappa shape index (κ1) is 12.1. The summed E-state index contributed by atoms with van der Waals surface area (Å²) < 4.78 is 7.74. The van der Waals surface area contributed by atoms with Crippen molar-refractivity contribution in [2.24, 2.45) is 5.73 Å². The van der Waals surface area contributed by atoms with Gasteiger partial charge in [-0.1, -0.05) is 19.1 Å². The van der Waals surface area contributed by atoms with Gasteiger partial charge in [-0.2, -0.15) is 0 Å². The average Bonchev–Trinajstić information content (AvgIpc) is 2.78. The second-order valence-electron chi connectivity index (χ2n) is 4.18. The summed E-state index contributed by atoms with van der Waals surface area (Å²) in [5, 5.41) is 1.26. The Hall–Kier alpha value is -1.32. The fourth-order valence-electron chi connectivity index (χ4n) is 2.07. The minimum absolute atomic E-state index is 0.591. The smallest absolute Gasteiger partial charge is 0.0645 e. The van der Waals surface area contributed by atoms with E-state index < -0.39 is 0 Å². The van der Waals surface area contributed by atoms with Crippen molar-refractivity contribution in [3.8, 4) is 0 Å². The number of hydrogen-bond donors (Lipinski definition) is 1. The summed E-state index contributed by atoms with van der Waals surface area (Å²) in [6.07, 6.45) is 3.18. The van der Waals surface area contributed by atoms with Crippen molar-refractivity contribution in [1.82, 2.24) is 4.57 Å². The molecular formula is C14H20N2O. The Labute approximate surface area is 102 Å². The first-order valence-electron chi connectivity index (χ1n) is 6.21. The van der Waals surface area contributed by atoms with Crippen LogP contribution in [0.2, 0.25) is 0 Å². The maximum atomic E-state index is 5.73. The number of benzene rings is 1. The molecule has 1 aromatic carbocycles. The van der Waals surface area contributed by atoms with E-state index in [0.717, 1.165) is 26.2 Å². The van der Waals surface area contributed by atoms with Gasteiger partial charge in [0, 0.05) is 36.8 Å². The number of ether oxygens (including phenoxy) is 1. The lowest BCUT2D eigenvalue weighted by atomic mass is 10.1. The van der Waals surface area contributed by atoms with Gasteiger partial charge >= 0.3 is 0 Å². The SMILES string of the molecule is CCCOCCn1ccc2c(CN)cccc21. The van der Waals surface area contributed by atoms with Gasteiger partial charge in [0.2, 0.25) is 0 Å². The molecule has 0 atom stereocenters. The summed E-state index contributed by atoms with van der Waals surface area (Å²) >= 11 is 0. The van der Waals surface area contributed by atoms with Crippen molar-refractivity contribution in [2.45, 2.75) is 26.4 Å². The number of nitrogens with two attached hydrogens (primary N) is 1. The molecular weight excluding hydrogens is 212 g/mol. The van der Waals surface area contributed by atoms with Gasteiger partial charge in [0.05, 0.1) is 6.61 Å². The van der Waals surface area contributed by atoms with Gasteiger partial charge in [0.25, 0.3) is 0 Å². The van der Waals surface area contributed by atoms with Crippen LogP contribution in [0.3, 0.4) is 0 Å². The highest BCUT2D eigenvalue weighted by atomic mass is 16.5. The Kier molecular flexibility index (Phi) is 4.18. The van der Waals surface area contributed by atoms with E-state index in [0.29, 0.717) is 6.54 Å². The molecule has 3 heteroatoms. The molecule has 0 aliphatic rings. The van der Waals surface area contributed by atoms with Gasteiger partial charge in [0.1, 0.15) is 0 Å². The molecule has 92 valence electrons.